The van der Waals surface area contributed by atoms with E-state index in [4.69, 9.17) is 9.47 Å². The van der Waals surface area contributed by atoms with Crippen LogP contribution < -0.4 is 4.74 Å². The van der Waals surface area contributed by atoms with Crippen LogP contribution >= 0.6 is 0 Å². The zero-order valence-electron chi connectivity index (χ0n) is 12.1. The summed E-state index contributed by atoms with van der Waals surface area (Å²) in [6, 6.07) is 4.17. The van der Waals surface area contributed by atoms with Crippen molar-refractivity contribution in [2.75, 3.05) is 26.8 Å². The molecule has 110 valence electrons. The molecule has 0 spiro atoms. The maximum atomic E-state index is 13.3. The summed E-state index contributed by atoms with van der Waals surface area (Å²) in [6.07, 6.45) is 0.105. The number of ether oxygens (including phenoxy) is 2. The molecule has 1 aliphatic heterocycles. The van der Waals surface area contributed by atoms with E-state index in [9.17, 15) is 9.18 Å². The second-order valence-electron chi connectivity index (χ2n) is 5.19. The number of halogens is 1. The van der Waals surface area contributed by atoms with Gasteiger partial charge in [-0.2, -0.15) is 0 Å². The molecule has 1 fully saturated rings. The van der Waals surface area contributed by atoms with Crippen LogP contribution in [0.4, 0.5) is 4.39 Å². The number of morpholine rings is 1. The first-order valence-corrected chi connectivity index (χ1v) is 6.73. The Labute approximate surface area is 118 Å². The van der Waals surface area contributed by atoms with Gasteiger partial charge in [-0.25, -0.2) is 4.39 Å². The topological polar surface area (TPSA) is 38.8 Å². The predicted molar refractivity (Wildman–Crippen MR) is 73.7 cm³/mol. The molecule has 20 heavy (non-hydrogen) atoms. The Morgan fingerprint density at radius 1 is 1.50 bits per heavy atom. The molecule has 1 aliphatic rings. The Bertz CT molecular complexity index is 492. The number of benzene rings is 1. The van der Waals surface area contributed by atoms with Crippen LogP contribution in [0.2, 0.25) is 0 Å². The molecular formula is C15H20FNO3. The van der Waals surface area contributed by atoms with E-state index in [0.717, 1.165) is 0 Å². The summed E-state index contributed by atoms with van der Waals surface area (Å²) in [4.78, 5) is 14.4. The average molecular weight is 281 g/mol. The summed E-state index contributed by atoms with van der Waals surface area (Å²) in [7, 11) is 1.48. The highest BCUT2D eigenvalue weighted by Crippen LogP contribution is 2.21. The zero-order valence-corrected chi connectivity index (χ0v) is 12.1. The van der Waals surface area contributed by atoms with Crippen molar-refractivity contribution in [2.24, 2.45) is 0 Å². The van der Waals surface area contributed by atoms with Crippen LogP contribution in [0.15, 0.2) is 18.2 Å². The fourth-order valence-electron chi connectivity index (χ4n) is 2.36. The van der Waals surface area contributed by atoms with Gasteiger partial charge in [0.25, 0.3) is 0 Å². The van der Waals surface area contributed by atoms with Crippen LogP contribution in [0, 0.1) is 5.82 Å². The molecule has 0 saturated carbocycles. The maximum Gasteiger partial charge on any atom is 0.180 e. The summed E-state index contributed by atoms with van der Waals surface area (Å²) in [5.41, 5.74) is 0.291. The van der Waals surface area contributed by atoms with Crippen molar-refractivity contribution in [1.29, 1.82) is 0 Å². The molecule has 5 heteroatoms. The second-order valence-corrected chi connectivity index (χ2v) is 5.19. The maximum absolute atomic E-state index is 13.3. The number of Topliss-reactive ketones (excluding diaryl/α,β-unsaturated/α-hetero) is 1. The summed E-state index contributed by atoms with van der Waals surface area (Å²) in [5, 5.41) is 0. The molecule has 0 bridgehead atoms. The normalized spacial score (nSPS) is 23.6. The number of carbonyl (C=O) groups excluding carboxylic acids is 1. The molecule has 0 aromatic heterocycles. The van der Waals surface area contributed by atoms with Crippen molar-refractivity contribution in [2.45, 2.75) is 26.0 Å². The number of hydrogen-bond acceptors (Lipinski definition) is 4. The summed E-state index contributed by atoms with van der Waals surface area (Å²) in [5.74, 6) is -0.162. The van der Waals surface area contributed by atoms with Crippen molar-refractivity contribution in [3.63, 3.8) is 0 Å². The van der Waals surface area contributed by atoms with Crippen molar-refractivity contribution in [3.8, 4) is 5.75 Å². The zero-order chi connectivity index (χ0) is 14.7. The summed E-state index contributed by atoms with van der Waals surface area (Å²) in [6.45, 7) is 5.54. The third kappa shape index (κ3) is 3.35. The Kier molecular flexibility index (Phi) is 4.73. The van der Waals surface area contributed by atoms with Gasteiger partial charge in [-0.05, 0) is 32.0 Å². The molecule has 0 radical (unpaired) electrons. The van der Waals surface area contributed by atoms with Crippen molar-refractivity contribution < 1.29 is 18.7 Å². The average Bonchev–Trinajstić information content (AvgIpc) is 2.42. The lowest BCUT2D eigenvalue weighted by Crippen LogP contribution is -2.49. The largest absolute Gasteiger partial charge is 0.496 e. The first-order chi connectivity index (χ1) is 9.51. The molecule has 2 rings (SSSR count). The first-order valence-electron chi connectivity index (χ1n) is 6.73. The molecule has 4 nitrogen and oxygen atoms in total. The molecule has 1 heterocycles. The highest BCUT2D eigenvalue weighted by atomic mass is 19.1. The molecular weight excluding hydrogens is 261 g/mol. The molecule has 0 amide bonds. The van der Waals surface area contributed by atoms with Crippen molar-refractivity contribution in [1.82, 2.24) is 4.90 Å². The Balaban J connectivity index is 2.13. The van der Waals surface area contributed by atoms with E-state index >= 15 is 0 Å². The van der Waals surface area contributed by atoms with Crippen LogP contribution in [0.25, 0.3) is 0 Å². The van der Waals surface area contributed by atoms with Crippen molar-refractivity contribution >= 4 is 5.78 Å². The van der Waals surface area contributed by atoms with Crippen LogP contribution in [0.3, 0.4) is 0 Å². The lowest BCUT2D eigenvalue weighted by molar-refractivity contribution is -0.0460. The van der Waals surface area contributed by atoms with Gasteiger partial charge in [0, 0.05) is 12.6 Å². The predicted octanol–water partition coefficient (Wildman–Crippen LogP) is 2.13. The van der Waals surface area contributed by atoms with E-state index in [-0.39, 0.29) is 24.5 Å². The van der Waals surface area contributed by atoms with Gasteiger partial charge < -0.3 is 9.47 Å². The number of hydrogen-bond donors (Lipinski definition) is 0. The molecule has 1 aromatic carbocycles. The van der Waals surface area contributed by atoms with Gasteiger partial charge in [0.15, 0.2) is 5.78 Å². The minimum atomic E-state index is -0.433. The van der Waals surface area contributed by atoms with Gasteiger partial charge in [0.1, 0.15) is 11.6 Å². The van der Waals surface area contributed by atoms with Gasteiger partial charge in [0.05, 0.1) is 31.9 Å². The van der Waals surface area contributed by atoms with Crippen LogP contribution in [0.5, 0.6) is 5.75 Å². The lowest BCUT2D eigenvalue weighted by Gasteiger charge is -2.36. The van der Waals surface area contributed by atoms with E-state index < -0.39 is 5.82 Å². The Morgan fingerprint density at radius 2 is 2.25 bits per heavy atom. The van der Waals surface area contributed by atoms with Gasteiger partial charge in [-0.15, -0.1) is 0 Å². The molecule has 2 atom stereocenters. The van der Waals surface area contributed by atoms with Crippen molar-refractivity contribution in [3.05, 3.63) is 29.6 Å². The molecule has 0 N–H and O–H groups in total. The van der Waals surface area contributed by atoms with E-state index in [0.29, 0.717) is 24.5 Å². The smallest absolute Gasteiger partial charge is 0.180 e. The van der Waals surface area contributed by atoms with E-state index in [1.165, 1.54) is 25.3 Å². The monoisotopic (exact) mass is 281 g/mol. The van der Waals surface area contributed by atoms with Crippen LogP contribution in [-0.2, 0) is 4.74 Å². The van der Waals surface area contributed by atoms with E-state index in [1.807, 2.05) is 13.8 Å². The van der Waals surface area contributed by atoms with Gasteiger partial charge in [0.2, 0.25) is 0 Å². The van der Waals surface area contributed by atoms with Gasteiger partial charge >= 0.3 is 0 Å². The standard InChI is InChI=1S/C15H20FNO3/c1-10-9-20-11(2)7-17(10)8-14(18)13-6-12(16)4-5-15(13)19-3/h4-6,10-11H,7-9H2,1-3H3. The van der Waals surface area contributed by atoms with E-state index in [2.05, 4.69) is 4.90 Å². The summed E-state index contributed by atoms with van der Waals surface area (Å²) < 4.78 is 24.0. The van der Waals surface area contributed by atoms with Gasteiger partial charge in [-0.3, -0.25) is 9.69 Å². The molecule has 1 aromatic rings. The lowest BCUT2D eigenvalue weighted by atomic mass is 10.1. The number of ketones is 1. The van der Waals surface area contributed by atoms with Crippen LogP contribution in [0.1, 0.15) is 24.2 Å². The van der Waals surface area contributed by atoms with Gasteiger partial charge in [-0.1, -0.05) is 0 Å². The number of methoxy groups -OCH3 is 1. The van der Waals surface area contributed by atoms with Crippen LogP contribution in [-0.4, -0.2) is 49.6 Å². The fraction of sp³-hybridized carbons (Fsp3) is 0.533. The second kappa shape index (κ2) is 6.33. The SMILES string of the molecule is COc1ccc(F)cc1C(=O)CN1CC(C)OCC1C. The Morgan fingerprint density at radius 3 is 2.95 bits per heavy atom. The quantitative estimate of drug-likeness (QED) is 0.793. The minimum absolute atomic E-state index is 0.105. The number of carbonyl (C=O) groups is 1. The highest BCUT2D eigenvalue weighted by molar-refractivity contribution is 6.00. The third-order valence-corrected chi connectivity index (χ3v) is 3.55. The number of rotatable bonds is 4. The van der Waals surface area contributed by atoms with E-state index in [1.54, 1.807) is 0 Å². The number of nitrogens with zero attached hydrogens (tertiary/aromatic N) is 1. The molecule has 0 aliphatic carbocycles. The highest BCUT2D eigenvalue weighted by Gasteiger charge is 2.26. The third-order valence-electron chi connectivity index (χ3n) is 3.55. The minimum Gasteiger partial charge on any atom is -0.496 e. The fourth-order valence-corrected chi connectivity index (χ4v) is 2.36. The molecule has 2 unspecified atom stereocenters. The first kappa shape index (κ1) is 14.9. The molecule has 1 saturated heterocycles. The summed E-state index contributed by atoms with van der Waals surface area (Å²) >= 11 is 0. The Hall–Kier alpha value is -1.46.